The van der Waals surface area contributed by atoms with Crippen LogP contribution in [0.15, 0.2) is 16.6 Å². The van der Waals surface area contributed by atoms with Crippen LogP contribution in [0.5, 0.6) is 0 Å². The van der Waals surface area contributed by atoms with Crippen LogP contribution in [0.25, 0.3) is 0 Å². The topological polar surface area (TPSA) is 174 Å². The van der Waals surface area contributed by atoms with Crippen molar-refractivity contribution in [2.24, 2.45) is 22.2 Å². The predicted molar refractivity (Wildman–Crippen MR) is 90.8 cm³/mol. The molecule has 1 aliphatic carbocycles. The third-order valence-corrected chi connectivity index (χ3v) is 3.71. The number of halogens is 3. The summed E-state index contributed by atoms with van der Waals surface area (Å²) in [7, 11) is 0. The number of ether oxygens (including phenoxy) is 1. The third-order valence-electron chi connectivity index (χ3n) is 3.71. The Kier molecular flexibility index (Phi) is 9.79. The van der Waals surface area contributed by atoms with E-state index in [2.05, 4.69) is 4.99 Å². The van der Waals surface area contributed by atoms with E-state index in [1.54, 1.807) is 6.08 Å². The molecule has 0 aromatic carbocycles. The van der Waals surface area contributed by atoms with Gasteiger partial charge in [0.1, 0.15) is 0 Å². The van der Waals surface area contributed by atoms with Gasteiger partial charge in [0.2, 0.25) is 0 Å². The van der Waals surface area contributed by atoms with E-state index in [1.807, 2.05) is 13.8 Å². The van der Waals surface area contributed by atoms with Crippen molar-refractivity contribution >= 4 is 17.9 Å². The second kappa shape index (κ2) is 10.7. The molecule has 0 aromatic rings. The molecular formula is C15H25F3N4O5. The molecule has 12 heteroatoms. The predicted octanol–water partition coefficient (Wildman–Crippen LogP) is 0.578. The molecule has 156 valence electrons. The van der Waals surface area contributed by atoms with E-state index >= 15 is 0 Å². The summed E-state index contributed by atoms with van der Waals surface area (Å²) in [4.78, 5) is 24.1. The van der Waals surface area contributed by atoms with E-state index in [1.165, 1.54) is 0 Å². The van der Waals surface area contributed by atoms with E-state index in [-0.39, 0.29) is 24.1 Å². The van der Waals surface area contributed by atoms with E-state index < -0.39 is 36.3 Å². The smallest absolute Gasteiger partial charge is 0.478 e. The van der Waals surface area contributed by atoms with Crippen molar-refractivity contribution in [3.8, 4) is 0 Å². The average molecular weight is 398 g/mol. The number of nitrogens with zero attached hydrogens (tertiary/aromatic N) is 1. The van der Waals surface area contributed by atoms with Crippen LogP contribution in [-0.2, 0) is 14.3 Å². The minimum Gasteiger partial charge on any atom is -0.478 e. The second-order valence-corrected chi connectivity index (χ2v) is 5.74. The summed E-state index contributed by atoms with van der Waals surface area (Å²) < 4.78 is 37.6. The van der Waals surface area contributed by atoms with Gasteiger partial charge in [-0.3, -0.25) is 0 Å². The number of carboxylic acids is 2. The lowest BCUT2D eigenvalue weighted by molar-refractivity contribution is -0.192. The summed E-state index contributed by atoms with van der Waals surface area (Å²) in [6.45, 7) is 4.02. The molecule has 0 aromatic heterocycles. The fraction of sp³-hybridized carbons (Fsp3) is 0.667. The lowest BCUT2D eigenvalue weighted by Crippen LogP contribution is -2.50. The molecule has 0 saturated heterocycles. The minimum absolute atomic E-state index is 0.0373. The van der Waals surface area contributed by atoms with Gasteiger partial charge in [-0.15, -0.1) is 0 Å². The Morgan fingerprint density at radius 2 is 1.78 bits per heavy atom. The van der Waals surface area contributed by atoms with Crippen molar-refractivity contribution < 1.29 is 37.7 Å². The quantitative estimate of drug-likeness (QED) is 0.319. The Morgan fingerprint density at radius 1 is 1.30 bits per heavy atom. The molecule has 0 radical (unpaired) electrons. The van der Waals surface area contributed by atoms with Crippen LogP contribution in [0.4, 0.5) is 13.2 Å². The summed E-state index contributed by atoms with van der Waals surface area (Å²) in [6, 6.07) is -0.934. The van der Waals surface area contributed by atoms with Crippen molar-refractivity contribution in [1.29, 1.82) is 0 Å². The summed E-state index contributed by atoms with van der Waals surface area (Å²) in [5.41, 5.74) is 17.1. The number of rotatable bonds is 6. The fourth-order valence-electron chi connectivity index (χ4n) is 2.27. The molecule has 0 bridgehead atoms. The lowest BCUT2D eigenvalue weighted by atomic mass is 9.88. The fourth-order valence-corrected chi connectivity index (χ4v) is 2.27. The summed E-state index contributed by atoms with van der Waals surface area (Å²) >= 11 is 0. The molecule has 0 saturated carbocycles. The lowest BCUT2D eigenvalue weighted by Gasteiger charge is -2.33. The zero-order valence-corrected chi connectivity index (χ0v) is 14.9. The van der Waals surface area contributed by atoms with Crippen LogP contribution in [0.2, 0.25) is 0 Å². The van der Waals surface area contributed by atoms with Crippen molar-refractivity contribution in [2.75, 3.05) is 0 Å². The Balaban J connectivity index is 0.000000821. The first-order valence-corrected chi connectivity index (χ1v) is 8.07. The third kappa shape index (κ3) is 8.73. The van der Waals surface area contributed by atoms with Crippen molar-refractivity contribution in [2.45, 2.75) is 63.6 Å². The van der Waals surface area contributed by atoms with E-state index in [0.717, 1.165) is 12.8 Å². The Morgan fingerprint density at radius 3 is 2.11 bits per heavy atom. The Labute approximate surface area is 154 Å². The Hall–Kier alpha value is -2.34. The molecule has 0 unspecified atom stereocenters. The number of hydrogen-bond acceptors (Lipinski definition) is 5. The normalized spacial score (nSPS) is 22.3. The molecule has 3 atom stereocenters. The highest BCUT2D eigenvalue weighted by Gasteiger charge is 2.38. The molecule has 0 fully saturated rings. The van der Waals surface area contributed by atoms with Crippen molar-refractivity contribution in [3.05, 3.63) is 11.6 Å². The van der Waals surface area contributed by atoms with E-state index in [4.69, 9.17) is 36.9 Å². The second-order valence-electron chi connectivity index (χ2n) is 5.74. The molecule has 8 N–H and O–H groups in total. The minimum atomic E-state index is -5.08. The van der Waals surface area contributed by atoms with Gasteiger partial charge in [-0.25, -0.2) is 14.6 Å². The molecule has 0 aliphatic heterocycles. The van der Waals surface area contributed by atoms with Gasteiger partial charge >= 0.3 is 18.1 Å². The molecule has 0 amide bonds. The average Bonchev–Trinajstić information content (AvgIpc) is 2.54. The highest BCUT2D eigenvalue weighted by Crippen LogP contribution is 2.25. The van der Waals surface area contributed by atoms with E-state index in [9.17, 15) is 18.0 Å². The maximum atomic E-state index is 11.2. The molecule has 9 nitrogen and oxygen atoms in total. The molecule has 27 heavy (non-hydrogen) atoms. The van der Waals surface area contributed by atoms with E-state index in [0.29, 0.717) is 0 Å². The SMILES string of the molecule is CCC(CC)O[C@@H]1C=C(C(=O)O)C[C@H](N=C(N)N)[C@H]1N.O=C(O)C(F)(F)F. The zero-order valence-electron chi connectivity index (χ0n) is 14.9. The molecule has 1 aliphatic rings. The number of carboxylic acid groups (broad SMARTS) is 2. The number of aliphatic carboxylic acids is 2. The first kappa shape index (κ1) is 24.7. The van der Waals surface area contributed by atoms with Gasteiger partial charge in [-0.2, -0.15) is 13.2 Å². The first-order valence-electron chi connectivity index (χ1n) is 8.07. The summed E-state index contributed by atoms with van der Waals surface area (Å²) in [5, 5.41) is 16.3. The van der Waals surface area contributed by atoms with Crippen LogP contribution in [0, 0.1) is 0 Å². The number of guanidine groups is 1. The van der Waals surface area contributed by atoms with Gasteiger partial charge in [-0.1, -0.05) is 13.8 Å². The van der Waals surface area contributed by atoms with Gasteiger partial charge < -0.3 is 32.2 Å². The number of carbonyl (C=O) groups is 2. The number of alkyl halides is 3. The van der Waals surface area contributed by atoms with Gasteiger partial charge in [-0.05, 0) is 18.9 Å². The van der Waals surface area contributed by atoms with Gasteiger partial charge in [0.25, 0.3) is 0 Å². The van der Waals surface area contributed by atoms with Crippen molar-refractivity contribution in [1.82, 2.24) is 0 Å². The van der Waals surface area contributed by atoms with Gasteiger partial charge in [0, 0.05) is 12.0 Å². The summed E-state index contributed by atoms with van der Waals surface area (Å²) in [5.74, 6) is -3.85. The van der Waals surface area contributed by atoms with Crippen LogP contribution in [-0.4, -0.2) is 58.6 Å². The van der Waals surface area contributed by atoms with Gasteiger partial charge in [0.05, 0.1) is 24.3 Å². The summed E-state index contributed by atoms with van der Waals surface area (Å²) in [6.07, 6.45) is -2.09. The molecule has 0 spiro atoms. The highest BCUT2D eigenvalue weighted by molar-refractivity contribution is 5.87. The van der Waals surface area contributed by atoms with Crippen molar-refractivity contribution in [3.63, 3.8) is 0 Å². The zero-order chi connectivity index (χ0) is 21.4. The number of aliphatic imine (C=N–C) groups is 1. The first-order chi connectivity index (χ1) is 12.3. The molecular weight excluding hydrogens is 373 g/mol. The van der Waals surface area contributed by atoms with Crippen LogP contribution in [0.3, 0.4) is 0 Å². The molecule has 1 rings (SSSR count). The van der Waals surface area contributed by atoms with Gasteiger partial charge in [0.15, 0.2) is 5.96 Å². The van der Waals surface area contributed by atoms with Crippen LogP contribution >= 0.6 is 0 Å². The Bertz CT molecular complexity index is 572. The van der Waals surface area contributed by atoms with Crippen LogP contribution < -0.4 is 17.2 Å². The standard InChI is InChI=1S/C13H24N4O3.C2HF3O2/c1-3-8(4-2)20-10-6-7(12(18)19)5-9(11(10)14)17-13(15)16;3-2(4,5)1(6)7/h6,8-11H,3-5,14H2,1-2H3,(H,18,19)(H4,15,16,17);(H,6,7)/t9-,10+,11+;/m0./s1. The monoisotopic (exact) mass is 398 g/mol. The highest BCUT2D eigenvalue weighted by atomic mass is 19.4. The maximum Gasteiger partial charge on any atom is 0.490 e. The number of hydrogen-bond donors (Lipinski definition) is 5. The maximum absolute atomic E-state index is 11.2. The number of nitrogens with two attached hydrogens (primary N) is 3. The molecule has 0 heterocycles. The largest absolute Gasteiger partial charge is 0.490 e. The van der Waals surface area contributed by atoms with Crippen LogP contribution in [0.1, 0.15) is 33.1 Å².